The van der Waals surface area contributed by atoms with Crippen molar-refractivity contribution in [3.05, 3.63) is 30.1 Å². The lowest BCUT2D eigenvalue weighted by Gasteiger charge is -2.14. The van der Waals surface area contributed by atoms with Gasteiger partial charge < -0.3 is 10.1 Å². The van der Waals surface area contributed by atoms with Gasteiger partial charge in [0, 0.05) is 30.4 Å². The average molecular weight is 385 g/mol. The minimum absolute atomic E-state index is 0.0512. The lowest BCUT2D eigenvalue weighted by Crippen LogP contribution is -2.25. The van der Waals surface area contributed by atoms with Crippen LogP contribution in [0.4, 0.5) is 0 Å². The maximum atomic E-state index is 12.0. The lowest BCUT2D eigenvalue weighted by molar-refractivity contribution is -0.148. The minimum Gasteiger partial charge on any atom is -0.465 e. The molecule has 0 saturated carbocycles. The van der Waals surface area contributed by atoms with Crippen LogP contribution in [0.15, 0.2) is 24.5 Å². The van der Waals surface area contributed by atoms with Crippen molar-refractivity contribution in [3.63, 3.8) is 0 Å². The summed E-state index contributed by atoms with van der Waals surface area (Å²) in [6.07, 6.45) is 7.03. The van der Waals surface area contributed by atoms with E-state index in [1.54, 1.807) is 46.1 Å². The van der Waals surface area contributed by atoms with Crippen molar-refractivity contribution >= 4 is 33.5 Å². The molecule has 0 bridgehead atoms. The second-order valence-corrected chi connectivity index (χ2v) is 8.29. The fourth-order valence-electron chi connectivity index (χ4n) is 2.29. The van der Waals surface area contributed by atoms with E-state index in [-0.39, 0.29) is 17.8 Å². The third-order valence-electron chi connectivity index (χ3n) is 3.50. The molecule has 1 rings (SSSR count). The van der Waals surface area contributed by atoms with Gasteiger partial charge in [-0.1, -0.05) is 48.3 Å². The van der Waals surface area contributed by atoms with Crippen molar-refractivity contribution in [2.75, 3.05) is 24.7 Å². The van der Waals surface area contributed by atoms with E-state index in [0.717, 1.165) is 37.2 Å². The number of hydrogen-bond donors (Lipinski definition) is 1. The van der Waals surface area contributed by atoms with Crippen molar-refractivity contribution in [3.8, 4) is 0 Å². The quantitative estimate of drug-likeness (QED) is 0.315. The Morgan fingerprint density at radius 2 is 1.92 bits per heavy atom. The van der Waals surface area contributed by atoms with Gasteiger partial charge in [-0.2, -0.15) is 0 Å². The highest BCUT2D eigenvalue weighted by molar-refractivity contribution is 8.76. The van der Waals surface area contributed by atoms with Gasteiger partial charge in [0.2, 0.25) is 0 Å². The number of amides is 1. The molecular formula is C18H28N2O3S2. The Morgan fingerprint density at radius 3 is 2.56 bits per heavy atom. The van der Waals surface area contributed by atoms with Crippen molar-refractivity contribution < 1.29 is 14.3 Å². The monoisotopic (exact) mass is 384 g/mol. The van der Waals surface area contributed by atoms with E-state index in [2.05, 4.69) is 24.1 Å². The average Bonchev–Trinajstić information content (AvgIpc) is 2.64. The van der Waals surface area contributed by atoms with Crippen molar-refractivity contribution in [1.82, 2.24) is 10.3 Å². The largest absolute Gasteiger partial charge is 0.465 e. The molecular weight excluding hydrogens is 356 g/mol. The summed E-state index contributed by atoms with van der Waals surface area (Å²) in [6, 6.07) is 3.48. The molecule has 0 spiro atoms. The summed E-state index contributed by atoms with van der Waals surface area (Å²) in [5.74, 6) is 1.45. The molecule has 0 aromatic carbocycles. The number of hydrogen-bond acceptors (Lipinski definition) is 6. The van der Waals surface area contributed by atoms with Crippen LogP contribution in [-0.2, 0) is 9.53 Å². The maximum Gasteiger partial charge on any atom is 0.308 e. The Morgan fingerprint density at radius 1 is 1.20 bits per heavy atom. The molecule has 0 unspecified atom stereocenters. The number of pyridine rings is 1. The fraction of sp³-hybridized carbons (Fsp3) is 0.611. The molecule has 0 aliphatic carbocycles. The molecule has 0 saturated heterocycles. The van der Waals surface area contributed by atoms with Gasteiger partial charge in [0.1, 0.15) is 6.61 Å². The van der Waals surface area contributed by atoms with Crippen LogP contribution < -0.4 is 5.32 Å². The highest BCUT2D eigenvalue weighted by Crippen LogP contribution is 2.21. The first-order valence-electron chi connectivity index (χ1n) is 8.78. The van der Waals surface area contributed by atoms with Crippen molar-refractivity contribution in [2.24, 2.45) is 5.92 Å². The number of nitrogens with zero attached hydrogens (tertiary/aromatic N) is 1. The Kier molecular flexibility index (Phi) is 12.2. The molecule has 7 heteroatoms. The van der Waals surface area contributed by atoms with Crippen LogP contribution in [0, 0.1) is 5.92 Å². The highest BCUT2D eigenvalue weighted by Gasteiger charge is 2.17. The molecule has 1 aromatic rings. The molecule has 0 aliphatic rings. The van der Waals surface area contributed by atoms with Gasteiger partial charge in [0.25, 0.3) is 5.91 Å². The first-order chi connectivity index (χ1) is 12.2. The fourth-order valence-corrected chi connectivity index (χ4v) is 4.03. The van der Waals surface area contributed by atoms with Gasteiger partial charge in [0.05, 0.1) is 11.5 Å². The van der Waals surface area contributed by atoms with Crippen LogP contribution in [0.25, 0.3) is 0 Å². The van der Waals surface area contributed by atoms with Crippen LogP contribution in [0.3, 0.4) is 0 Å². The second kappa shape index (κ2) is 14.0. The summed E-state index contributed by atoms with van der Waals surface area (Å²) >= 11 is 0. The van der Waals surface area contributed by atoms with Crippen LogP contribution in [0.1, 0.15) is 49.9 Å². The predicted octanol–water partition coefficient (Wildman–Crippen LogP) is 3.95. The third kappa shape index (κ3) is 9.75. The van der Waals surface area contributed by atoms with E-state index in [9.17, 15) is 9.59 Å². The molecule has 5 nitrogen and oxygen atoms in total. The molecule has 25 heavy (non-hydrogen) atoms. The van der Waals surface area contributed by atoms with E-state index in [0.29, 0.717) is 18.7 Å². The number of nitrogens with one attached hydrogen (secondary N) is 1. The standard InChI is InChI=1S/C18H28N2O3S2/c1-3-6-15(7-4-2)18(22)23-11-13-25-24-12-10-20-17(21)16-8-5-9-19-14-16/h5,8-9,14-15H,3-4,6-7,10-13H2,1-2H3,(H,20,21). The van der Waals surface area contributed by atoms with E-state index < -0.39 is 0 Å². The van der Waals surface area contributed by atoms with Crippen molar-refractivity contribution in [2.45, 2.75) is 39.5 Å². The third-order valence-corrected chi connectivity index (χ3v) is 5.87. The molecule has 0 radical (unpaired) electrons. The molecule has 1 heterocycles. The normalized spacial score (nSPS) is 10.7. The van der Waals surface area contributed by atoms with E-state index in [1.807, 2.05) is 0 Å². The zero-order valence-electron chi connectivity index (χ0n) is 15.0. The summed E-state index contributed by atoms with van der Waals surface area (Å²) in [5, 5.41) is 2.85. The number of carbonyl (C=O) groups excluding carboxylic acids is 2. The minimum atomic E-state index is -0.106. The van der Waals surface area contributed by atoms with Gasteiger partial charge in [-0.3, -0.25) is 14.6 Å². The first-order valence-corrected chi connectivity index (χ1v) is 11.3. The van der Waals surface area contributed by atoms with E-state index in [4.69, 9.17) is 4.74 Å². The number of rotatable bonds is 13. The van der Waals surface area contributed by atoms with Crippen molar-refractivity contribution in [1.29, 1.82) is 0 Å². The van der Waals surface area contributed by atoms with Crippen LogP contribution >= 0.6 is 21.6 Å². The maximum absolute atomic E-state index is 12.0. The van der Waals surface area contributed by atoms with Gasteiger partial charge >= 0.3 is 5.97 Å². The molecule has 0 aliphatic heterocycles. The predicted molar refractivity (Wildman–Crippen MR) is 106 cm³/mol. The highest BCUT2D eigenvalue weighted by atomic mass is 33.1. The number of aromatic nitrogens is 1. The SMILES string of the molecule is CCCC(CCC)C(=O)OCCSSCCNC(=O)c1cccnc1. The Hall–Kier alpha value is -1.21. The van der Waals surface area contributed by atoms with Gasteiger partial charge in [-0.25, -0.2) is 0 Å². The first kappa shape index (κ1) is 21.8. The van der Waals surface area contributed by atoms with E-state index >= 15 is 0 Å². The molecule has 140 valence electrons. The number of carbonyl (C=O) groups is 2. The molecule has 0 atom stereocenters. The summed E-state index contributed by atoms with van der Waals surface area (Å²) in [6.45, 7) is 5.23. The Labute approximate surface area is 158 Å². The molecule has 0 fully saturated rings. The van der Waals surface area contributed by atoms with Crippen LogP contribution in [-0.4, -0.2) is 41.5 Å². The van der Waals surface area contributed by atoms with E-state index in [1.165, 1.54) is 0 Å². The lowest BCUT2D eigenvalue weighted by atomic mass is 9.99. The van der Waals surface area contributed by atoms with Crippen LogP contribution in [0.2, 0.25) is 0 Å². The van der Waals surface area contributed by atoms with Gasteiger partial charge in [-0.05, 0) is 25.0 Å². The molecule has 1 N–H and O–H groups in total. The molecule has 1 aromatic heterocycles. The number of esters is 1. The zero-order chi connectivity index (χ0) is 18.3. The molecule has 1 amide bonds. The summed E-state index contributed by atoms with van der Waals surface area (Å²) in [7, 11) is 3.32. The summed E-state index contributed by atoms with van der Waals surface area (Å²) in [4.78, 5) is 27.7. The summed E-state index contributed by atoms with van der Waals surface area (Å²) in [5.41, 5.74) is 0.570. The van der Waals surface area contributed by atoms with Gasteiger partial charge in [0.15, 0.2) is 0 Å². The second-order valence-electron chi connectivity index (χ2n) is 5.58. The Bertz CT molecular complexity index is 494. The number of ether oxygens (including phenoxy) is 1. The van der Waals surface area contributed by atoms with Crippen LogP contribution in [0.5, 0.6) is 0 Å². The van der Waals surface area contributed by atoms with Gasteiger partial charge in [-0.15, -0.1) is 0 Å². The smallest absolute Gasteiger partial charge is 0.308 e. The summed E-state index contributed by atoms with van der Waals surface area (Å²) < 4.78 is 5.36. The zero-order valence-corrected chi connectivity index (χ0v) is 16.7. The topological polar surface area (TPSA) is 68.3 Å². The Balaban J connectivity index is 2.03.